The zero-order valence-electron chi connectivity index (χ0n) is 23.9. The first-order valence-corrected chi connectivity index (χ1v) is 13.9. The van der Waals surface area contributed by atoms with Crippen molar-refractivity contribution in [3.8, 4) is 28.6 Å². The van der Waals surface area contributed by atoms with Gasteiger partial charge in [0.15, 0.2) is 4.80 Å². The predicted molar refractivity (Wildman–Crippen MR) is 157 cm³/mol. The molecule has 0 saturated carbocycles. The molecule has 12 nitrogen and oxygen atoms in total. The van der Waals surface area contributed by atoms with Gasteiger partial charge in [-0.15, -0.1) is 0 Å². The van der Waals surface area contributed by atoms with Crippen molar-refractivity contribution in [1.29, 1.82) is 0 Å². The molecule has 0 bridgehead atoms. The fourth-order valence-corrected chi connectivity index (χ4v) is 5.87. The van der Waals surface area contributed by atoms with Gasteiger partial charge < -0.3 is 23.4 Å². The van der Waals surface area contributed by atoms with E-state index in [1.807, 2.05) is 0 Å². The van der Waals surface area contributed by atoms with Gasteiger partial charge in [-0.25, -0.2) is 9.79 Å². The molecule has 4 aromatic rings. The second-order valence-electron chi connectivity index (χ2n) is 9.25. The quantitative estimate of drug-likeness (QED) is 0.157. The van der Waals surface area contributed by atoms with Crippen LogP contribution in [-0.2, 0) is 9.53 Å². The number of non-ortho nitro benzene ring substituents is 1. The maximum Gasteiger partial charge on any atom is 0.338 e. The first kappa shape index (κ1) is 29.3. The summed E-state index contributed by atoms with van der Waals surface area (Å²) in [6.45, 7) is 3.54. The smallest absolute Gasteiger partial charge is 0.338 e. The molecule has 2 aromatic heterocycles. The number of rotatable bonds is 9. The van der Waals surface area contributed by atoms with Crippen molar-refractivity contribution in [3.05, 3.63) is 101 Å². The van der Waals surface area contributed by atoms with Crippen LogP contribution in [0, 0.1) is 10.1 Å². The maximum atomic E-state index is 14.0. The number of nitrogens with zero attached hydrogens (tertiary/aromatic N) is 3. The molecular weight excluding hydrogens is 578 g/mol. The number of ether oxygens (including phenoxy) is 4. The van der Waals surface area contributed by atoms with Crippen LogP contribution < -0.4 is 29.1 Å². The van der Waals surface area contributed by atoms with Crippen LogP contribution in [-0.4, -0.2) is 43.4 Å². The second-order valence-corrected chi connectivity index (χ2v) is 10.3. The zero-order valence-corrected chi connectivity index (χ0v) is 24.7. The molecule has 5 rings (SSSR count). The maximum absolute atomic E-state index is 14.0. The van der Waals surface area contributed by atoms with Crippen LogP contribution in [0.2, 0.25) is 0 Å². The fourth-order valence-electron chi connectivity index (χ4n) is 4.84. The van der Waals surface area contributed by atoms with Crippen molar-refractivity contribution < 1.29 is 33.1 Å². The van der Waals surface area contributed by atoms with Crippen molar-refractivity contribution in [1.82, 2.24) is 4.57 Å². The molecule has 0 spiro atoms. The molecule has 13 heteroatoms. The Kier molecular flexibility index (Phi) is 8.17. The molecule has 0 N–H and O–H groups in total. The minimum absolute atomic E-state index is 0.117. The summed E-state index contributed by atoms with van der Waals surface area (Å²) in [6.07, 6.45) is 1.58. The molecule has 0 unspecified atom stereocenters. The minimum Gasteiger partial charge on any atom is -0.497 e. The van der Waals surface area contributed by atoms with Gasteiger partial charge in [0.25, 0.3) is 11.2 Å². The highest BCUT2D eigenvalue weighted by Gasteiger charge is 2.35. The Morgan fingerprint density at radius 2 is 1.86 bits per heavy atom. The molecule has 222 valence electrons. The van der Waals surface area contributed by atoms with Crippen molar-refractivity contribution in [3.63, 3.8) is 0 Å². The summed E-state index contributed by atoms with van der Waals surface area (Å²) in [5.41, 5.74) is 1.13. The van der Waals surface area contributed by atoms with Gasteiger partial charge in [-0.05, 0) is 50.2 Å². The van der Waals surface area contributed by atoms with E-state index in [9.17, 15) is 19.7 Å². The third-order valence-corrected chi connectivity index (χ3v) is 7.79. The molecule has 0 amide bonds. The Labute approximate surface area is 248 Å². The van der Waals surface area contributed by atoms with Crippen LogP contribution in [0.5, 0.6) is 17.2 Å². The molecule has 0 radical (unpaired) electrons. The molecule has 1 aliphatic heterocycles. The number of aromatic nitrogens is 1. The van der Waals surface area contributed by atoms with Crippen molar-refractivity contribution in [2.75, 3.05) is 27.9 Å². The number of nitro groups is 1. The van der Waals surface area contributed by atoms with E-state index < -0.39 is 22.5 Å². The fraction of sp³-hybridized carbons (Fsp3) is 0.233. The lowest BCUT2D eigenvalue weighted by Crippen LogP contribution is -2.40. The van der Waals surface area contributed by atoms with Crippen molar-refractivity contribution in [2.24, 2.45) is 4.99 Å². The van der Waals surface area contributed by atoms with Gasteiger partial charge in [-0.1, -0.05) is 11.3 Å². The molecule has 1 atom stereocenters. The number of hydrogen-bond donors (Lipinski definition) is 0. The van der Waals surface area contributed by atoms with E-state index in [4.69, 9.17) is 23.4 Å². The normalized spacial score (nSPS) is 14.6. The number of carbonyl (C=O) groups excluding carboxylic acids is 1. The van der Waals surface area contributed by atoms with Gasteiger partial charge in [0.05, 0.1) is 60.3 Å². The zero-order chi connectivity index (χ0) is 30.8. The van der Waals surface area contributed by atoms with E-state index in [0.717, 1.165) is 11.3 Å². The van der Waals surface area contributed by atoms with Crippen molar-refractivity contribution in [2.45, 2.75) is 19.9 Å². The summed E-state index contributed by atoms with van der Waals surface area (Å²) in [7, 11) is 4.44. The molecule has 43 heavy (non-hydrogen) atoms. The summed E-state index contributed by atoms with van der Waals surface area (Å²) in [5, 5.41) is 11.2. The third-order valence-electron chi connectivity index (χ3n) is 6.81. The number of esters is 1. The predicted octanol–water partition coefficient (Wildman–Crippen LogP) is 3.99. The number of carbonyl (C=O) groups is 1. The van der Waals surface area contributed by atoms with Crippen LogP contribution in [0.1, 0.15) is 31.2 Å². The number of furan rings is 1. The van der Waals surface area contributed by atoms with E-state index in [0.29, 0.717) is 49.2 Å². The first-order chi connectivity index (χ1) is 20.7. The Balaban J connectivity index is 1.66. The monoisotopic (exact) mass is 605 g/mol. The van der Waals surface area contributed by atoms with Gasteiger partial charge >= 0.3 is 5.97 Å². The molecule has 1 aliphatic rings. The number of allylic oxidation sites excluding steroid dienone is 1. The number of nitro benzene ring substituents is 1. The summed E-state index contributed by atoms with van der Waals surface area (Å²) in [6, 6.07) is 11.8. The van der Waals surface area contributed by atoms with Gasteiger partial charge in [-0.3, -0.25) is 19.5 Å². The third kappa shape index (κ3) is 5.42. The van der Waals surface area contributed by atoms with E-state index in [1.165, 1.54) is 44.1 Å². The van der Waals surface area contributed by atoms with Crippen LogP contribution >= 0.6 is 11.3 Å². The van der Waals surface area contributed by atoms with Gasteiger partial charge in [0, 0.05) is 17.7 Å². The number of thiazole rings is 1. The second kappa shape index (κ2) is 12.0. The van der Waals surface area contributed by atoms with E-state index in [2.05, 4.69) is 4.99 Å². The number of benzene rings is 2. The Bertz CT molecular complexity index is 1950. The number of fused-ring (bicyclic) bond motifs is 1. The van der Waals surface area contributed by atoms with Gasteiger partial charge in [-0.2, -0.15) is 0 Å². The lowest BCUT2D eigenvalue weighted by molar-refractivity contribution is -0.384. The first-order valence-electron chi connectivity index (χ1n) is 13.0. The largest absolute Gasteiger partial charge is 0.497 e. The van der Waals surface area contributed by atoms with Crippen LogP contribution in [0.15, 0.2) is 74.0 Å². The Morgan fingerprint density at radius 3 is 2.53 bits per heavy atom. The van der Waals surface area contributed by atoms with Crippen molar-refractivity contribution >= 4 is 29.1 Å². The summed E-state index contributed by atoms with van der Waals surface area (Å²) < 4.78 is 29.5. The topological polar surface area (TPSA) is 145 Å². The van der Waals surface area contributed by atoms with Gasteiger partial charge in [0.2, 0.25) is 0 Å². The standard InChI is InChI=1S/C30H27N3O9S/c1-6-41-29(35)26-16(2)31-30-32(27(26)21-14-18(38-3)8-11-22(21)39-4)28(34)25(43-30)15-19-9-12-23(42-19)20-10-7-17(33(36)37)13-24(20)40-5/h7-15,27H,6H2,1-5H3/b25-15-/t27-/m0/s1. The van der Waals surface area contributed by atoms with Crippen LogP contribution in [0.4, 0.5) is 5.69 Å². The molecule has 0 fully saturated rings. The molecular formula is C30H27N3O9S. The molecule has 3 heterocycles. The van der Waals surface area contributed by atoms with Crippen LogP contribution in [0.25, 0.3) is 17.4 Å². The van der Waals surface area contributed by atoms with E-state index >= 15 is 0 Å². The lowest BCUT2D eigenvalue weighted by atomic mass is 9.95. The molecule has 0 saturated heterocycles. The molecule has 2 aromatic carbocycles. The van der Waals surface area contributed by atoms with Crippen LogP contribution in [0.3, 0.4) is 0 Å². The SMILES string of the molecule is CCOC(=O)C1=C(C)N=c2s/c(=C\c3ccc(-c4ccc([N+](=O)[O-])cc4OC)o3)c(=O)n2[C@H]1c1cc(OC)ccc1OC. The highest BCUT2D eigenvalue weighted by Crippen LogP contribution is 2.38. The van der Waals surface area contributed by atoms with E-state index in [1.54, 1.807) is 50.3 Å². The minimum atomic E-state index is -0.904. The van der Waals surface area contributed by atoms with Gasteiger partial charge in [0.1, 0.15) is 34.8 Å². The lowest BCUT2D eigenvalue weighted by Gasteiger charge is -2.26. The summed E-state index contributed by atoms with van der Waals surface area (Å²) in [4.78, 5) is 42.8. The average Bonchev–Trinajstić information content (AvgIpc) is 3.59. The highest BCUT2D eigenvalue weighted by atomic mass is 32.1. The summed E-state index contributed by atoms with van der Waals surface area (Å²) in [5.74, 6) is 1.39. The summed E-state index contributed by atoms with van der Waals surface area (Å²) >= 11 is 1.14. The average molecular weight is 606 g/mol. The van der Waals surface area contributed by atoms with E-state index in [-0.39, 0.29) is 23.6 Å². The highest BCUT2D eigenvalue weighted by molar-refractivity contribution is 7.07. The molecule has 0 aliphatic carbocycles. The number of hydrogen-bond acceptors (Lipinski definition) is 11. The number of methoxy groups -OCH3 is 3. The Hall–Kier alpha value is -5.17. The Morgan fingerprint density at radius 1 is 1.09 bits per heavy atom.